The maximum absolute atomic E-state index is 13.0. The molecule has 40 heavy (non-hydrogen) atoms. The van der Waals surface area contributed by atoms with E-state index >= 15 is 0 Å². The standard InChI is InChI=1S/C22H24N2O4.C9H19NO2/c1-22(2)27-19-12-15(11-18(26-4)20(19)28-22)21(25)24(3)13-16-10-9-14-7-5-6-8-17(14)23-16;1-11-8-9-12-7-6-10-4-2-3-5-10/h5,7,9-12H,6,8,13H2,1-4H3;2-9H2,1H3. The van der Waals surface area contributed by atoms with Crippen LogP contribution in [0.2, 0.25) is 0 Å². The highest BCUT2D eigenvalue weighted by Crippen LogP contribution is 2.46. The van der Waals surface area contributed by atoms with Gasteiger partial charge in [0.2, 0.25) is 11.5 Å². The van der Waals surface area contributed by atoms with E-state index in [1.165, 1.54) is 25.9 Å². The highest BCUT2D eigenvalue weighted by molar-refractivity contribution is 5.95. The number of benzene rings is 1. The Morgan fingerprint density at radius 1 is 1.10 bits per heavy atom. The normalized spacial score (nSPS) is 16.7. The van der Waals surface area contributed by atoms with Gasteiger partial charge in [-0.05, 0) is 62.5 Å². The summed E-state index contributed by atoms with van der Waals surface area (Å²) in [6.07, 6.45) is 8.92. The molecule has 1 aromatic carbocycles. The van der Waals surface area contributed by atoms with Gasteiger partial charge in [-0.1, -0.05) is 18.2 Å². The lowest BCUT2D eigenvalue weighted by molar-refractivity contribution is -0.0439. The molecule has 3 heterocycles. The zero-order valence-electron chi connectivity index (χ0n) is 24.5. The van der Waals surface area contributed by atoms with Crippen LogP contribution in [0.15, 0.2) is 30.3 Å². The van der Waals surface area contributed by atoms with Crippen molar-refractivity contribution in [3.8, 4) is 17.2 Å². The molecule has 0 unspecified atom stereocenters. The summed E-state index contributed by atoms with van der Waals surface area (Å²) in [7, 11) is 5.02. The van der Waals surface area contributed by atoms with Crippen LogP contribution in [0.1, 0.15) is 60.4 Å². The molecule has 1 aromatic heterocycles. The minimum atomic E-state index is -0.787. The van der Waals surface area contributed by atoms with Crippen molar-refractivity contribution in [2.45, 2.75) is 51.9 Å². The van der Waals surface area contributed by atoms with Gasteiger partial charge in [0.25, 0.3) is 5.91 Å². The highest BCUT2D eigenvalue weighted by Gasteiger charge is 2.35. The predicted octanol–water partition coefficient (Wildman–Crippen LogP) is 4.57. The van der Waals surface area contributed by atoms with E-state index in [0.29, 0.717) is 36.0 Å². The molecule has 218 valence electrons. The molecule has 0 atom stereocenters. The van der Waals surface area contributed by atoms with Crippen LogP contribution in [0.5, 0.6) is 17.2 Å². The van der Waals surface area contributed by atoms with Crippen LogP contribution in [0.25, 0.3) is 6.08 Å². The summed E-state index contributed by atoms with van der Waals surface area (Å²) in [5.41, 5.74) is 3.61. The highest BCUT2D eigenvalue weighted by atomic mass is 16.7. The SMILES string of the molecule is COCCOCCN1CCCC1.COc1cc(C(=O)N(C)Cc2ccc3c(n2)CCC=C3)cc2c1OC(C)(C)O2. The number of fused-ring (bicyclic) bond motifs is 2. The number of carbonyl (C=O) groups excluding carboxylic acids is 1. The number of carbonyl (C=O) groups is 1. The molecule has 1 saturated heterocycles. The molecule has 0 saturated carbocycles. The van der Waals surface area contributed by atoms with E-state index in [2.05, 4.69) is 23.1 Å². The number of likely N-dealkylation sites (tertiary alicyclic amines) is 1. The number of allylic oxidation sites excluding steroid dienone is 1. The summed E-state index contributed by atoms with van der Waals surface area (Å²) in [6, 6.07) is 7.43. The summed E-state index contributed by atoms with van der Waals surface area (Å²) < 4.78 is 27.2. The third kappa shape index (κ3) is 7.96. The van der Waals surface area contributed by atoms with Gasteiger partial charge < -0.3 is 33.5 Å². The number of nitrogens with zero attached hydrogens (tertiary/aromatic N) is 3. The number of pyridine rings is 1. The van der Waals surface area contributed by atoms with E-state index in [1.54, 1.807) is 38.3 Å². The van der Waals surface area contributed by atoms with Gasteiger partial charge in [0.15, 0.2) is 11.5 Å². The van der Waals surface area contributed by atoms with Crippen LogP contribution in [0, 0.1) is 0 Å². The zero-order chi connectivity index (χ0) is 28.5. The van der Waals surface area contributed by atoms with E-state index in [0.717, 1.165) is 49.6 Å². The van der Waals surface area contributed by atoms with E-state index in [4.69, 9.17) is 28.7 Å². The molecular weight excluding hydrogens is 510 g/mol. The molecule has 3 aliphatic rings. The molecule has 2 aliphatic heterocycles. The Bertz CT molecular complexity index is 1180. The van der Waals surface area contributed by atoms with Gasteiger partial charge in [0.1, 0.15) is 0 Å². The van der Waals surface area contributed by atoms with Crippen molar-refractivity contribution < 1.29 is 28.5 Å². The molecule has 5 rings (SSSR count). The lowest BCUT2D eigenvalue weighted by Crippen LogP contribution is -2.29. The quantitative estimate of drug-likeness (QED) is 0.396. The van der Waals surface area contributed by atoms with Gasteiger partial charge in [-0.25, -0.2) is 0 Å². The van der Waals surface area contributed by atoms with Gasteiger partial charge in [-0.2, -0.15) is 0 Å². The van der Waals surface area contributed by atoms with Gasteiger partial charge in [0.05, 0.1) is 39.2 Å². The first kappa shape index (κ1) is 29.8. The first-order chi connectivity index (χ1) is 19.3. The van der Waals surface area contributed by atoms with Gasteiger partial charge >= 0.3 is 0 Å². The molecular formula is C31H43N3O6. The Kier molecular flexibility index (Phi) is 10.4. The molecule has 1 aliphatic carbocycles. The summed E-state index contributed by atoms with van der Waals surface area (Å²) in [5, 5.41) is 0. The molecule has 0 N–H and O–H groups in total. The molecule has 0 spiro atoms. The number of amides is 1. The third-order valence-electron chi connectivity index (χ3n) is 7.03. The molecule has 2 aromatic rings. The predicted molar refractivity (Wildman–Crippen MR) is 154 cm³/mol. The second-order valence-electron chi connectivity index (χ2n) is 10.7. The molecule has 9 nitrogen and oxygen atoms in total. The smallest absolute Gasteiger partial charge is 0.254 e. The number of aryl methyl sites for hydroxylation is 1. The van der Waals surface area contributed by atoms with Crippen molar-refractivity contribution in [1.29, 1.82) is 0 Å². The molecule has 1 amide bonds. The van der Waals surface area contributed by atoms with Crippen molar-refractivity contribution in [3.63, 3.8) is 0 Å². The van der Waals surface area contributed by atoms with E-state index in [9.17, 15) is 4.79 Å². The van der Waals surface area contributed by atoms with Crippen LogP contribution in [0.3, 0.4) is 0 Å². The van der Waals surface area contributed by atoms with Crippen molar-refractivity contribution in [3.05, 3.63) is 52.9 Å². The largest absolute Gasteiger partial charge is 0.493 e. The fraction of sp³-hybridized carbons (Fsp3) is 0.548. The Hall–Kier alpha value is -3.14. The number of ether oxygens (including phenoxy) is 5. The summed E-state index contributed by atoms with van der Waals surface area (Å²) >= 11 is 0. The maximum Gasteiger partial charge on any atom is 0.254 e. The molecule has 9 heteroatoms. The van der Waals surface area contributed by atoms with E-state index < -0.39 is 5.79 Å². The monoisotopic (exact) mass is 553 g/mol. The average molecular weight is 554 g/mol. The Morgan fingerprint density at radius 3 is 2.65 bits per heavy atom. The second-order valence-corrected chi connectivity index (χ2v) is 10.7. The fourth-order valence-electron chi connectivity index (χ4n) is 4.97. The summed E-state index contributed by atoms with van der Waals surface area (Å²) in [5.74, 6) is 0.605. The maximum atomic E-state index is 13.0. The zero-order valence-corrected chi connectivity index (χ0v) is 24.5. The first-order valence-corrected chi connectivity index (χ1v) is 14.1. The minimum Gasteiger partial charge on any atom is -0.493 e. The van der Waals surface area contributed by atoms with Crippen molar-refractivity contribution >= 4 is 12.0 Å². The van der Waals surface area contributed by atoms with E-state index in [1.807, 2.05) is 19.9 Å². The van der Waals surface area contributed by atoms with Crippen molar-refractivity contribution in [2.75, 3.05) is 60.7 Å². The third-order valence-corrected chi connectivity index (χ3v) is 7.03. The molecule has 0 bridgehead atoms. The summed E-state index contributed by atoms with van der Waals surface area (Å²) in [6.45, 7) is 9.95. The minimum absolute atomic E-state index is 0.131. The van der Waals surface area contributed by atoms with Crippen LogP contribution in [0.4, 0.5) is 0 Å². The van der Waals surface area contributed by atoms with Gasteiger partial charge in [-0.15, -0.1) is 0 Å². The Balaban J connectivity index is 0.000000259. The lowest BCUT2D eigenvalue weighted by Gasteiger charge is -2.19. The fourth-order valence-corrected chi connectivity index (χ4v) is 4.97. The van der Waals surface area contributed by atoms with Gasteiger partial charge in [0, 0.05) is 45.8 Å². The topological polar surface area (TPSA) is 82.6 Å². The number of hydrogen-bond donors (Lipinski definition) is 0. The number of hydrogen-bond acceptors (Lipinski definition) is 8. The lowest BCUT2D eigenvalue weighted by atomic mass is 10.0. The summed E-state index contributed by atoms with van der Waals surface area (Å²) in [4.78, 5) is 21.8. The van der Waals surface area contributed by atoms with Crippen molar-refractivity contribution in [1.82, 2.24) is 14.8 Å². The van der Waals surface area contributed by atoms with Crippen LogP contribution >= 0.6 is 0 Å². The number of methoxy groups -OCH3 is 2. The Labute approximate surface area is 238 Å². The van der Waals surface area contributed by atoms with Gasteiger partial charge in [-0.3, -0.25) is 9.78 Å². The van der Waals surface area contributed by atoms with Crippen LogP contribution in [-0.4, -0.2) is 87.2 Å². The Morgan fingerprint density at radius 2 is 1.90 bits per heavy atom. The van der Waals surface area contributed by atoms with E-state index in [-0.39, 0.29) is 5.91 Å². The molecule has 1 fully saturated rings. The van der Waals surface area contributed by atoms with Crippen LogP contribution in [-0.2, 0) is 22.4 Å². The van der Waals surface area contributed by atoms with Crippen molar-refractivity contribution in [2.24, 2.45) is 0 Å². The second kappa shape index (κ2) is 14.0. The number of rotatable bonds is 10. The average Bonchev–Trinajstić information content (AvgIpc) is 3.58. The van der Waals surface area contributed by atoms with Crippen LogP contribution < -0.4 is 14.2 Å². The number of aromatic nitrogens is 1. The molecule has 0 radical (unpaired) electrons. The first-order valence-electron chi connectivity index (χ1n) is 14.1.